The van der Waals surface area contributed by atoms with Crippen LogP contribution in [0.25, 0.3) is 0 Å². The highest BCUT2D eigenvalue weighted by atomic mass is 35.5. The fraction of sp³-hybridized carbons (Fsp3) is 0.240. The molecule has 5 nitrogen and oxygen atoms in total. The minimum absolute atomic E-state index is 0.178. The molecule has 0 aromatic heterocycles. The molecule has 0 fully saturated rings. The van der Waals surface area contributed by atoms with Crippen molar-refractivity contribution in [3.05, 3.63) is 87.4 Å². The second kappa shape index (κ2) is 11.8. The number of methoxy groups -OCH3 is 1. The van der Waals surface area contributed by atoms with Crippen molar-refractivity contribution in [1.29, 1.82) is 0 Å². The Morgan fingerprint density at radius 3 is 2.38 bits per heavy atom. The SMILES string of the molecule is COc1cc(CNCCc2ccc(Cl)cc2)cc(Cl)c1OCC(=O)Nc1ccc(C)cc1. The van der Waals surface area contributed by atoms with Crippen LogP contribution in [0.4, 0.5) is 5.69 Å². The summed E-state index contributed by atoms with van der Waals surface area (Å²) >= 11 is 12.3. The Hall–Kier alpha value is -2.73. The number of aryl methyl sites for hydroxylation is 1. The van der Waals surface area contributed by atoms with E-state index in [1.165, 1.54) is 5.56 Å². The van der Waals surface area contributed by atoms with E-state index in [0.717, 1.165) is 29.1 Å². The van der Waals surface area contributed by atoms with Crippen LogP contribution in [-0.4, -0.2) is 26.2 Å². The van der Waals surface area contributed by atoms with E-state index < -0.39 is 0 Å². The van der Waals surface area contributed by atoms with E-state index in [1.54, 1.807) is 7.11 Å². The van der Waals surface area contributed by atoms with Gasteiger partial charge in [-0.25, -0.2) is 0 Å². The monoisotopic (exact) mass is 472 g/mol. The Morgan fingerprint density at radius 1 is 0.969 bits per heavy atom. The minimum Gasteiger partial charge on any atom is -0.493 e. The summed E-state index contributed by atoms with van der Waals surface area (Å²) in [5.41, 5.74) is 4.00. The van der Waals surface area contributed by atoms with Crippen LogP contribution in [0.3, 0.4) is 0 Å². The molecular formula is C25H26Cl2N2O3. The normalized spacial score (nSPS) is 10.6. The van der Waals surface area contributed by atoms with Gasteiger partial charge in [-0.15, -0.1) is 0 Å². The summed E-state index contributed by atoms with van der Waals surface area (Å²) in [4.78, 5) is 12.2. The Morgan fingerprint density at radius 2 is 1.69 bits per heavy atom. The lowest BCUT2D eigenvalue weighted by Gasteiger charge is -2.15. The summed E-state index contributed by atoms with van der Waals surface area (Å²) in [6.45, 7) is 3.24. The first kappa shape index (κ1) is 23.9. The van der Waals surface area contributed by atoms with Crippen molar-refractivity contribution >= 4 is 34.8 Å². The predicted molar refractivity (Wildman–Crippen MR) is 130 cm³/mol. The van der Waals surface area contributed by atoms with E-state index in [9.17, 15) is 4.79 Å². The van der Waals surface area contributed by atoms with Gasteiger partial charge in [-0.05, 0) is 67.4 Å². The van der Waals surface area contributed by atoms with Crippen molar-refractivity contribution in [2.75, 3.05) is 25.6 Å². The number of rotatable bonds is 10. The van der Waals surface area contributed by atoms with Crippen LogP contribution >= 0.6 is 23.2 Å². The Bertz CT molecular complexity index is 1040. The lowest BCUT2D eigenvalue weighted by Crippen LogP contribution is -2.20. The largest absolute Gasteiger partial charge is 0.493 e. The third-order valence-electron chi connectivity index (χ3n) is 4.80. The molecule has 0 atom stereocenters. The molecule has 3 rings (SSSR count). The predicted octanol–water partition coefficient (Wildman–Crippen LogP) is 5.66. The highest BCUT2D eigenvalue weighted by Gasteiger charge is 2.14. The molecule has 0 spiro atoms. The lowest BCUT2D eigenvalue weighted by atomic mass is 10.1. The van der Waals surface area contributed by atoms with Gasteiger partial charge in [0.2, 0.25) is 0 Å². The van der Waals surface area contributed by atoms with E-state index >= 15 is 0 Å². The fourth-order valence-electron chi connectivity index (χ4n) is 3.10. The topological polar surface area (TPSA) is 59.6 Å². The highest BCUT2D eigenvalue weighted by molar-refractivity contribution is 6.32. The molecule has 0 aliphatic rings. The van der Waals surface area contributed by atoms with Crippen LogP contribution < -0.4 is 20.1 Å². The van der Waals surface area contributed by atoms with Crippen molar-refractivity contribution in [3.8, 4) is 11.5 Å². The number of carbonyl (C=O) groups excluding carboxylic acids is 1. The molecule has 1 amide bonds. The number of amides is 1. The minimum atomic E-state index is -0.278. The molecule has 0 radical (unpaired) electrons. The smallest absolute Gasteiger partial charge is 0.262 e. The van der Waals surface area contributed by atoms with E-state index in [-0.39, 0.29) is 12.5 Å². The molecule has 0 saturated carbocycles. The van der Waals surface area contributed by atoms with Gasteiger partial charge in [0.25, 0.3) is 5.91 Å². The van der Waals surface area contributed by atoms with E-state index in [2.05, 4.69) is 10.6 Å². The van der Waals surface area contributed by atoms with E-state index in [1.807, 2.05) is 67.6 Å². The second-order valence-electron chi connectivity index (χ2n) is 7.37. The molecule has 0 saturated heterocycles. The molecule has 168 valence electrons. The van der Waals surface area contributed by atoms with Gasteiger partial charge in [0.1, 0.15) is 0 Å². The highest BCUT2D eigenvalue weighted by Crippen LogP contribution is 2.36. The van der Waals surface area contributed by atoms with Crippen LogP contribution in [0, 0.1) is 6.92 Å². The number of halogens is 2. The summed E-state index contributed by atoms with van der Waals surface area (Å²) < 4.78 is 11.1. The molecule has 0 aliphatic heterocycles. The third-order valence-corrected chi connectivity index (χ3v) is 5.34. The molecule has 3 aromatic carbocycles. The maximum absolute atomic E-state index is 12.2. The van der Waals surface area contributed by atoms with E-state index in [4.69, 9.17) is 32.7 Å². The van der Waals surface area contributed by atoms with E-state index in [0.29, 0.717) is 28.8 Å². The van der Waals surface area contributed by atoms with Crippen molar-refractivity contribution in [1.82, 2.24) is 5.32 Å². The summed E-state index contributed by atoms with van der Waals surface area (Å²) in [7, 11) is 1.54. The van der Waals surface area contributed by atoms with Crippen LogP contribution in [0.15, 0.2) is 60.7 Å². The Labute approximate surface area is 198 Å². The number of anilines is 1. The van der Waals surface area contributed by atoms with Gasteiger partial charge >= 0.3 is 0 Å². The zero-order valence-electron chi connectivity index (χ0n) is 18.1. The molecule has 0 aliphatic carbocycles. The number of carbonyl (C=O) groups is 1. The molecule has 0 unspecified atom stereocenters. The van der Waals surface area contributed by atoms with Gasteiger partial charge in [-0.1, -0.05) is 53.0 Å². The molecular weight excluding hydrogens is 447 g/mol. The number of benzene rings is 3. The van der Waals surface area contributed by atoms with Gasteiger partial charge in [0.15, 0.2) is 18.1 Å². The fourth-order valence-corrected chi connectivity index (χ4v) is 3.52. The first-order valence-electron chi connectivity index (χ1n) is 10.3. The number of ether oxygens (including phenoxy) is 2. The van der Waals surface area contributed by atoms with Crippen molar-refractivity contribution in [3.63, 3.8) is 0 Å². The van der Waals surface area contributed by atoms with Crippen molar-refractivity contribution < 1.29 is 14.3 Å². The summed E-state index contributed by atoms with van der Waals surface area (Å²) in [5, 5.41) is 7.31. The third kappa shape index (κ3) is 7.16. The molecule has 0 heterocycles. The molecule has 7 heteroatoms. The number of nitrogens with one attached hydrogen (secondary N) is 2. The maximum Gasteiger partial charge on any atom is 0.262 e. The summed E-state index contributed by atoms with van der Waals surface area (Å²) in [5.74, 6) is 0.549. The summed E-state index contributed by atoms with van der Waals surface area (Å²) in [6.07, 6.45) is 0.888. The standard InChI is InChI=1S/C25H26Cl2N2O3/c1-17-3-9-21(10-4-17)29-24(30)16-32-25-22(27)13-19(14-23(25)31-2)15-28-12-11-18-5-7-20(26)8-6-18/h3-10,13-14,28H,11-12,15-16H2,1-2H3,(H,29,30). The molecule has 32 heavy (non-hydrogen) atoms. The zero-order chi connectivity index (χ0) is 22.9. The van der Waals surface area contributed by atoms with Crippen LogP contribution in [0.1, 0.15) is 16.7 Å². The maximum atomic E-state index is 12.2. The second-order valence-corrected chi connectivity index (χ2v) is 8.21. The van der Waals surface area contributed by atoms with Crippen molar-refractivity contribution in [2.24, 2.45) is 0 Å². The molecule has 3 aromatic rings. The lowest BCUT2D eigenvalue weighted by molar-refractivity contribution is -0.118. The van der Waals surface area contributed by atoms with Gasteiger partial charge in [-0.2, -0.15) is 0 Å². The van der Waals surface area contributed by atoms with Gasteiger partial charge < -0.3 is 20.1 Å². The Kier molecular flexibility index (Phi) is 8.80. The van der Waals surface area contributed by atoms with Gasteiger partial charge in [0.05, 0.1) is 12.1 Å². The Balaban J connectivity index is 1.52. The van der Waals surface area contributed by atoms with Gasteiger partial charge in [-0.3, -0.25) is 4.79 Å². The number of hydrogen-bond donors (Lipinski definition) is 2. The average Bonchev–Trinajstić information content (AvgIpc) is 2.78. The first-order chi connectivity index (χ1) is 15.4. The van der Waals surface area contributed by atoms with Crippen molar-refractivity contribution in [2.45, 2.75) is 19.9 Å². The zero-order valence-corrected chi connectivity index (χ0v) is 19.6. The van der Waals surface area contributed by atoms with Gasteiger partial charge in [0, 0.05) is 17.3 Å². The molecule has 0 bridgehead atoms. The van der Waals surface area contributed by atoms with Crippen LogP contribution in [0.2, 0.25) is 10.0 Å². The van der Waals surface area contributed by atoms with Crippen LogP contribution in [-0.2, 0) is 17.8 Å². The average molecular weight is 473 g/mol. The number of hydrogen-bond acceptors (Lipinski definition) is 4. The quantitative estimate of drug-likeness (QED) is 0.373. The first-order valence-corrected chi connectivity index (χ1v) is 11.0. The summed E-state index contributed by atoms with van der Waals surface area (Å²) in [6, 6.07) is 19.0. The molecule has 2 N–H and O–H groups in total. The van der Waals surface area contributed by atoms with Crippen LogP contribution in [0.5, 0.6) is 11.5 Å².